The molecule has 3 aromatic rings. The Morgan fingerprint density at radius 2 is 1.50 bits per heavy atom. The summed E-state index contributed by atoms with van der Waals surface area (Å²) in [6.07, 6.45) is 1.06. The first-order valence-corrected chi connectivity index (χ1v) is 10.0. The van der Waals surface area contributed by atoms with Crippen LogP contribution in [0.15, 0.2) is 60.7 Å². The molecule has 1 aliphatic rings. The van der Waals surface area contributed by atoms with Gasteiger partial charge in [0, 0.05) is 32.7 Å². The van der Waals surface area contributed by atoms with Gasteiger partial charge in [-0.15, -0.1) is 0 Å². The fourth-order valence-electron chi connectivity index (χ4n) is 3.70. The van der Waals surface area contributed by atoms with Crippen LogP contribution in [0.3, 0.4) is 0 Å². The second kappa shape index (κ2) is 8.63. The monoisotopic (exact) mass is 376 g/mol. The highest BCUT2D eigenvalue weighted by atomic mass is 16.5. The van der Waals surface area contributed by atoms with Crippen LogP contribution in [0.1, 0.15) is 6.42 Å². The van der Waals surface area contributed by atoms with E-state index in [0.29, 0.717) is 5.75 Å². The van der Waals surface area contributed by atoms with Gasteiger partial charge in [0.25, 0.3) is 0 Å². The number of rotatable bonds is 6. The smallest absolute Gasteiger partial charge is 0.119 e. The average Bonchev–Trinajstić information content (AvgIpc) is 2.72. The van der Waals surface area contributed by atoms with Gasteiger partial charge in [-0.2, -0.15) is 0 Å². The second-order valence-electron chi connectivity index (χ2n) is 7.62. The highest BCUT2D eigenvalue weighted by Gasteiger charge is 2.12. The second-order valence-corrected chi connectivity index (χ2v) is 7.62. The zero-order valence-electron chi connectivity index (χ0n) is 16.5. The van der Waals surface area contributed by atoms with E-state index in [4.69, 9.17) is 4.74 Å². The number of likely N-dealkylation sites (N-methyl/N-ethyl adjacent to an activating group) is 1. The summed E-state index contributed by atoms with van der Waals surface area (Å²) in [4.78, 5) is 4.91. The van der Waals surface area contributed by atoms with Crippen molar-refractivity contribution in [3.8, 4) is 22.6 Å². The maximum absolute atomic E-state index is 9.46. The van der Waals surface area contributed by atoms with E-state index in [9.17, 15) is 5.11 Å². The topological polar surface area (TPSA) is 35.9 Å². The largest absolute Gasteiger partial charge is 0.508 e. The quantitative estimate of drug-likeness (QED) is 0.653. The minimum Gasteiger partial charge on any atom is -0.508 e. The van der Waals surface area contributed by atoms with Crippen LogP contribution in [0.4, 0.5) is 0 Å². The highest BCUT2D eigenvalue weighted by molar-refractivity contribution is 5.88. The molecule has 1 saturated heterocycles. The molecule has 4 heteroatoms. The molecule has 0 spiro atoms. The number of piperazine rings is 1. The Balaban J connectivity index is 1.34. The van der Waals surface area contributed by atoms with E-state index in [-0.39, 0.29) is 0 Å². The van der Waals surface area contributed by atoms with Gasteiger partial charge in [0.05, 0.1) is 6.61 Å². The molecule has 4 rings (SSSR count). The van der Waals surface area contributed by atoms with E-state index >= 15 is 0 Å². The molecule has 0 aliphatic carbocycles. The standard InChI is InChI=1S/C24H28N2O2/c1-25-12-14-26(15-13-25)11-2-16-28-24-10-7-21-17-20(3-4-22(21)18-24)19-5-8-23(27)9-6-19/h3-10,17-18,27H,2,11-16H2,1H3. The molecule has 28 heavy (non-hydrogen) atoms. The summed E-state index contributed by atoms with van der Waals surface area (Å²) in [7, 11) is 2.19. The van der Waals surface area contributed by atoms with Crippen LogP contribution in [-0.2, 0) is 0 Å². The Morgan fingerprint density at radius 3 is 2.29 bits per heavy atom. The summed E-state index contributed by atoms with van der Waals surface area (Å²) < 4.78 is 5.99. The van der Waals surface area contributed by atoms with Crippen molar-refractivity contribution in [3.63, 3.8) is 0 Å². The van der Waals surface area contributed by atoms with Gasteiger partial charge >= 0.3 is 0 Å². The molecule has 0 unspecified atom stereocenters. The van der Waals surface area contributed by atoms with Crippen LogP contribution in [0.25, 0.3) is 21.9 Å². The van der Waals surface area contributed by atoms with Gasteiger partial charge in [-0.1, -0.05) is 30.3 Å². The SMILES string of the molecule is CN1CCN(CCCOc2ccc3cc(-c4ccc(O)cc4)ccc3c2)CC1. The van der Waals surface area contributed by atoms with Gasteiger partial charge in [0.1, 0.15) is 11.5 Å². The first kappa shape index (κ1) is 18.8. The zero-order chi connectivity index (χ0) is 19.3. The molecule has 0 bridgehead atoms. The van der Waals surface area contributed by atoms with Crippen LogP contribution >= 0.6 is 0 Å². The number of aromatic hydroxyl groups is 1. The van der Waals surface area contributed by atoms with Crippen LogP contribution in [0.5, 0.6) is 11.5 Å². The van der Waals surface area contributed by atoms with Crippen molar-refractivity contribution < 1.29 is 9.84 Å². The summed E-state index contributed by atoms with van der Waals surface area (Å²) in [5.74, 6) is 1.22. The Kier molecular flexibility index (Phi) is 5.79. The van der Waals surface area contributed by atoms with Crippen LogP contribution in [0, 0.1) is 0 Å². The number of fused-ring (bicyclic) bond motifs is 1. The van der Waals surface area contributed by atoms with Gasteiger partial charge in [0.15, 0.2) is 0 Å². The molecule has 0 aromatic heterocycles. The number of hydrogen-bond donors (Lipinski definition) is 1. The van der Waals surface area contributed by atoms with Gasteiger partial charge in [-0.05, 0) is 65.7 Å². The number of benzene rings is 3. The molecule has 0 amide bonds. The molecule has 0 radical (unpaired) electrons. The number of phenolic OH excluding ortho intramolecular Hbond substituents is 1. The van der Waals surface area contributed by atoms with Crippen molar-refractivity contribution in [1.29, 1.82) is 0 Å². The van der Waals surface area contributed by atoms with Crippen LogP contribution in [-0.4, -0.2) is 61.3 Å². The average molecular weight is 377 g/mol. The van der Waals surface area contributed by atoms with Crippen molar-refractivity contribution in [2.75, 3.05) is 46.4 Å². The lowest BCUT2D eigenvalue weighted by molar-refractivity contribution is 0.145. The van der Waals surface area contributed by atoms with E-state index in [1.807, 2.05) is 12.1 Å². The lowest BCUT2D eigenvalue weighted by atomic mass is 10.0. The van der Waals surface area contributed by atoms with E-state index in [0.717, 1.165) is 62.6 Å². The third-order valence-corrected chi connectivity index (χ3v) is 5.50. The number of phenols is 1. The van der Waals surface area contributed by atoms with E-state index in [1.54, 1.807) is 12.1 Å². The minimum atomic E-state index is 0.291. The third-order valence-electron chi connectivity index (χ3n) is 5.50. The molecular weight excluding hydrogens is 348 g/mol. The molecule has 1 heterocycles. The van der Waals surface area contributed by atoms with Crippen molar-refractivity contribution in [2.45, 2.75) is 6.42 Å². The zero-order valence-corrected chi connectivity index (χ0v) is 16.5. The molecule has 4 nitrogen and oxygen atoms in total. The van der Waals surface area contributed by atoms with Gasteiger partial charge in [0.2, 0.25) is 0 Å². The minimum absolute atomic E-state index is 0.291. The Labute approximate surface area is 167 Å². The molecule has 0 atom stereocenters. The van der Waals surface area contributed by atoms with Crippen molar-refractivity contribution >= 4 is 10.8 Å². The summed E-state index contributed by atoms with van der Waals surface area (Å²) in [6.45, 7) is 6.52. The van der Waals surface area contributed by atoms with Gasteiger partial charge in [-0.25, -0.2) is 0 Å². The molecule has 146 valence electrons. The summed E-state index contributed by atoms with van der Waals surface area (Å²) in [5.41, 5.74) is 2.25. The van der Waals surface area contributed by atoms with Crippen molar-refractivity contribution in [2.24, 2.45) is 0 Å². The van der Waals surface area contributed by atoms with E-state index in [1.165, 1.54) is 10.8 Å². The summed E-state index contributed by atoms with van der Waals surface area (Å²) >= 11 is 0. The van der Waals surface area contributed by atoms with Crippen LogP contribution in [0.2, 0.25) is 0 Å². The van der Waals surface area contributed by atoms with Gasteiger partial charge in [-0.3, -0.25) is 0 Å². The van der Waals surface area contributed by atoms with Crippen molar-refractivity contribution in [1.82, 2.24) is 9.80 Å². The lowest BCUT2D eigenvalue weighted by Gasteiger charge is -2.32. The summed E-state index contributed by atoms with van der Waals surface area (Å²) in [6, 6.07) is 20.0. The molecule has 1 N–H and O–H groups in total. The predicted octanol–water partition coefficient (Wildman–Crippen LogP) is 4.23. The fourth-order valence-corrected chi connectivity index (χ4v) is 3.70. The normalized spacial score (nSPS) is 15.8. The first-order chi connectivity index (χ1) is 13.7. The number of hydrogen-bond acceptors (Lipinski definition) is 4. The van der Waals surface area contributed by atoms with E-state index in [2.05, 4.69) is 53.2 Å². The number of ether oxygens (including phenoxy) is 1. The predicted molar refractivity (Wildman–Crippen MR) is 115 cm³/mol. The Morgan fingerprint density at radius 1 is 0.821 bits per heavy atom. The highest BCUT2D eigenvalue weighted by Crippen LogP contribution is 2.28. The van der Waals surface area contributed by atoms with Gasteiger partial charge < -0.3 is 19.6 Å². The Hall–Kier alpha value is -2.56. The van der Waals surface area contributed by atoms with E-state index < -0.39 is 0 Å². The molecule has 3 aromatic carbocycles. The summed E-state index contributed by atoms with van der Waals surface area (Å²) in [5, 5.41) is 11.8. The fraction of sp³-hybridized carbons (Fsp3) is 0.333. The molecular formula is C24H28N2O2. The Bertz CT molecular complexity index is 916. The first-order valence-electron chi connectivity index (χ1n) is 10.0. The van der Waals surface area contributed by atoms with Crippen LogP contribution < -0.4 is 4.74 Å². The lowest BCUT2D eigenvalue weighted by Crippen LogP contribution is -2.44. The third kappa shape index (κ3) is 4.64. The molecule has 1 aliphatic heterocycles. The molecule has 0 saturated carbocycles. The maximum atomic E-state index is 9.46. The molecule has 1 fully saturated rings. The van der Waals surface area contributed by atoms with Crippen molar-refractivity contribution in [3.05, 3.63) is 60.7 Å². The number of nitrogens with zero attached hydrogens (tertiary/aromatic N) is 2. The maximum Gasteiger partial charge on any atom is 0.119 e.